The smallest absolute Gasteiger partial charge is 0.267 e. The highest BCUT2D eigenvalue weighted by Gasteiger charge is 2.18. The normalized spacial score (nSPS) is 10.7. The molecule has 150 valence electrons. The Labute approximate surface area is 173 Å². The molecule has 0 radical (unpaired) electrons. The average Bonchev–Trinajstić information content (AvgIpc) is 2.78. The van der Waals surface area contributed by atoms with Gasteiger partial charge in [0.1, 0.15) is 17.1 Å². The number of para-hydroxylation sites is 1. The molecule has 0 N–H and O–H groups in total. The number of methoxy groups -OCH3 is 2. The van der Waals surface area contributed by atoms with E-state index in [1.165, 1.54) is 4.57 Å². The van der Waals surface area contributed by atoms with Gasteiger partial charge in [-0.15, -0.1) is 0 Å². The van der Waals surface area contributed by atoms with Crippen LogP contribution in [0.3, 0.4) is 0 Å². The quantitative estimate of drug-likeness (QED) is 0.460. The molecule has 0 unspecified atom stereocenters. The minimum Gasteiger partial charge on any atom is -0.497 e. The summed E-state index contributed by atoms with van der Waals surface area (Å²) in [4.78, 5) is 30.8. The molecular weight excluding hydrogens is 380 g/mol. The number of aromatic nitrogens is 2. The number of ketones is 1. The largest absolute Gasteiger partial charge is 0.497 e. The lowest BCUT2D eigenvalue weighted by Gasteiger charge is -2.12. The van der Waals surface area contributed by atoms with Crippen molar-refractivity contribution in [3.63, 3.8) is 0 Å². The molecule has 30 heavy (non-hydrogen) atoms. The van der Waals surface area contributed by atoms with E-state index in [0.717, 1.165) is 0 Å². The molecule has 4 aromatic rings. The first kappa shape index (κ1) is 19.4. The average molecular weight is 400 g/mol. The molecule has 4 rings (SSSR count). The van der Waals surface area contributed by atoms with Crippen molar-refractivity contribution >= 4 is 16.8 Å². The third-order valence-corrected chi connectivity index (χ3v) is 4.85. The summed E-state index contributed by atoms with van der Waals surface area (Å²) in [6.45, 7) is 0. The Balaban J connectivity index is 1.83. The van der Waals surface area contributed by atoms with Crippen molar-refractivity contribution in [2.45, 2.75) is 6.42 Å². The summed E-state index contributed by atoms with van der Waals surface area (Å²) in [6.07, 6.45) is 1.68. The van der Waals surface area contributed by atoms with Crippen LogP contribution >= 0.6 is 0 Å². The fraction of sp³-hybridized carbons (Fsp3) is 0.125. The molecule has 0 atom stereocenters. The molecule has 0 saturated heterocycles. The molecule has 6 heteroatoms. The van der Waals surface area contributed by atoms with Gasteiger partial charge in [0.15, 0.2) is 5.78 Å². The first-order chi connectivity index (χ1) is 14.6. The molecule has 0 spiro atoms. The predicted molar refractivity (Wildman–Crippen MR) is 115 cm³/mol. The van der Waals surface area contributed by atoms with Gasteiger partial charge in [0, 0.05) is 24.1 Å². The Morgan fingerprint density at radius 1 is 0.933 bits per heavy atom. The SMILES string of the molecule is COc1cc(CC(=O)c2cc3cccnc3n(-c3ccccc3)c2=O)cc(OC)c1. The molecule has 0 amide bonds. The van der Waals surface area contributed by atoms with Gasteiger partial charge in [-0.3, -0.25) is 14.2 Å². The van der Waals surface area contributed by atoms with Crippen molar-refractivity contribution in [1.29, 1.82) is 0 Å². The van der Waals surface area contributed by atoms with Gasteiger partial charge in [-0.05, 0) is 48.0 Å². The van der Waals surface area contributed by atoms with E-state index in [0.29, 0.717) is 33.8 Å². The van der Waals surface area contributed by atoms with Crippen LogP contribution in [-0.4, -0.2) is 29.6 Å². The molecule has 0 bridgehead atoms. The van der Waals surface area contributed by atoms with Crippen LogP contribution < -0.4 is 15.0 Å². The monoisotopic (exact) mass is 400 g/mol. The van der Waals surface area contributed by atoms with Crippen molar-refractivity contribution in [1.82, 2.24) is 9.55 Å². The highest BCUT2D eigenvalue weighted by molar-refractivity contribution is 6.00. The maximum atomic E-state index is 13.3. The standard InChI is InChI=1S/C24H20N2O4/c1-29-19-11-16(12-20(15-19)30-2)13-22(27)21-14-17-7-6-10-25-23(17)26(24(21)28)18-8-4-3-5-9-18/h3-12,14-15H,13H2,1-2H3. The lowest BCUT2D eigenvalue weighted by atomic mass is 10.0. The van der Waals surface area contributed by atoms with Crippen molar-refractivity contribution in [3.8, 4) is 17.2 Å². The van der Waals surface area contributed by atoms with Crippen molar-refractivity contribution in [3.05, 3.63) is 94.4 Å². The van der Waals surface area contributed by atoms with E-state index in [4.69, 9.17) is 9.47 Å². The Morgan fingerprint density at radius 2 is 1.63 bits per heavy atom. The van der Waals surface area contributed by atoms with Crippen LogP contribution in [0.2, 0.25) is 0 Å². The molecule has 0 aliphatic rings. The number of hydrogen-bond donors (Lipinski definition) is 0. The zero-order valence-electron chi connectivity index (χ0n) is 16.7. The lowest BCUT2D eigenvalue weighted by Crippen LogP contribution is -2.26. The number of ether oxygens (including phenoxy) is 2. The topological polar surface area (TPSA) is 70.4 Å². The first-order valence-corrected chi connectivity index (χ1v) is 9.42. The number of Topliss-reactive ketones (excluding diaryl/α,β-unsaturated/α-hetero) is 1. The van der Waals surface area contributed by atoms with E-state index in [9.17, 15) is 9.59 Å². The number of benzene rings is 2. The van der Waals surface area contributed by atoms with Gasteiger partial charge in [0.05, 0.1) is 25.5 Å². The molecule has 0 aliphatic carbocycles. The van der Waals surface area contributed by atoms with Crippen molar-refractivity contribution < 1.29 is 14.3 Å². The van der Waals surface area contributed by atoms with E-state index < -0.39 is 5.56 Å². The van der Waals surface area contributed by atoms with Crippen LogP contribution in [0.4, 0.5) is 0 Å². The molecule has 0 aliphatic heterocycles. The Hall–Kier alpha value is -3.93. The molecule has 2 heterocycles. The van der Waals surface area contributed by atoms with Crippen molar-refractivity contribution in [2.75, 3.05) is 14.2 Å². The van der Waals surface area contributed by atoms with E-state index in [2.05, 4.69) is 4.98 Å². The summed E-state index contributed by atoms with van der Waals surface area (Å²) >= 11 is 0. The van der Waals surface area contributed by atoms with Gasteiger partial charge in [0.25, 0.3) is 5.56 Å². The van der Waals surface area contributed by atoms with Gasteiger partial charge in [-0.25, -0.2) is 4.98 Å². The second kappa shape index (κ2) is 8.21. The Kier molecular flexibility index (Phi) is 5.30. The highest BCUT2D eigenvalue weighted by atomic mass is 16.5. The molecule has 0 saturated carbocycles. The van der Waals surface area contributed by atoms with Gasteiger partial charge in [0.2, 0.25) is 0 Å². The first-order valence-electron chi connectivity index (χ1n) is 9.42. The highest BCUT2D eigenvalue weighted by Crippen LogP contribution is 2.24. The van der Waals surface area contributed by atoms with E-state index in [1.807, 2.05) is 36.4 Å². The third-order valence-electron chi connectivity index (χ3n) is 4.85. The maximum Gasteiger partial charge on any atom is 0.267 e. The number of fused-ring (bicyclic) bond motifs is 1. The summed E-state index contributed by atoms with van der Waals surface area (Å²) in [5, 5.41) is 0.715. The zero-order valence-corrected chi connectivity index (χ0v) is 16.7. The lowest BCUT2D eigenvalue weighted by molar-refractivity contribution is 0.0991. The van der Waals surface area contributed by atoms with Crippen LogP contribution in [0, 0.1) is 0 Å². The summed E-state index contributed by atoms with van der Waals surface area (Å²) < 4.78 is 12.0. The van der Waals surface area contributed by atoms with Crippen LogP contribution in [0.5, 0.6) is 11.5 Å². The molecular formula is C24H20N2O4. The van der Waals surface area contributed by atoms with Gasteiger partial charge in [-0.2, -0.15) is 0 Å². The zero-order chi connectivity index (χ0) is 21.1. The van der Waals surface area contributed by atoms with Crippen LogP contribution in [-0.2, 0) is 6.42 Å². The van der Waals surface area contributed by atoms with Crippen LogP contribution in [0.25, 0.3) is 16.7 Å². The number of nitrogens with zero attached hydrogens (tertiary/aromatic N) is 2. The predicted octanol–water partition coefficient (Wildman–Crippen LogP) is 3.83. The minimum atomic E-state index is -0.396. The van der Waals surface area contributed by atoms with E-state index in [1.54, 1.807) is 50.7 Å². The van der Waals surface area contributed by atoms with Crippen molar-refractivity contribution in [2.24, 2.45) is 0 Å². The minimum absolute atomic E-state index is 0.0450. The van der Waals surface area contributed by atoms with E-state index >= 15 is 0 Å². The molecule has 2 aromatic carbocycles. The van der Waals surface area contributed by atoms with Gasteiger partial charge < -0.3 is 9.47 Å². The summed E-state index contributed by atoms with van der Waals surface area (Å²) in [6, 6.07) is 19.7. The third kappa shape index (κ3) is 3.67. The fourth-order valence-corrected chi connectivity index (χ4v) is 3.41. The number of carbonyl (C=O) groups excluding carboxylic acids is 1. The summed E-state index contributed by atoms with van der Waals surface area (Å²) in [7, 11) is 3.10. The van der Waals surface area contributed by atoms with E-state index in [-0.39, 0.29) is 17.8 Å². The maximum absolute atomic E-state index is 13.3. The Morgan fingerprint density at radius 3 is 2.30 bits per heavy atom. The molecule has 0 fully saturated rings. The molecule has 6 nitrogen and oxygen atoms in total. The molecule has 2 aromatic heterocycles. The van der Waals surface area contributed by atoms with Crippen LogP contribution in [0.15, 0.2) is 77.7 Å². The number of carbonyl (C=O) groups is 1. The van der Waals surface area contributed by atoms with Gasteiger partial charge in [-0.1, -0.05) is 18.2 Å². The second-order valence-electron chi connectivity index (χ2n) is 6.77. The van der Waals surface area contributed by atoms with Gasteiger partial charge >= 0.3 is 0 Å². The van der Waals surface area contributed by atoms with Crippen LogP contribution in [0.1, 0.15) is 15.9 Å². The number of hydrogen-bond acceptors (Lipinski definition) is 5. The Bertz CT molecular complexity index is 1260. The summed E-state index contributed by atoms with van der Waals surface area (Å²) in [5.41, 5.74) is 1.58. The number of pyridine rings is 2. The second-order valence-corrected chi connectivity index (χ2v) is 6.77. The fourth-order valence-electron chi connectivity index (χ4n) is 3.41. The summed E-state index contributed by atoms with van der Waals surface area (Å²) in [5.74, 6) is 0.883. The number of rotatable bonds is 6.